The normalized spacial score (nSPS) is 36.2. The van der Waals surface area contributed by atoms with Gasteiger partial charge < -0.3 is 19.3 Å². The standard InChI is InChI=1S/C20H26O7/c1-12-16-13(11-25-15(23)9-6-8-14(21)22)7-4-3-5-10-20(2)18(27-20)17(16)26-19(12)24/h3-4,13,16-18H,1,5-11H2,2H3,(H,21,22)/b4-3-/t13?,16-,17+,18+,20-/m1/s1. The number of rotatable bonds is 6. The van der Waals surface area contributed by atoms with Crippen molar-refractivity contribution in [1.82, 2.24) is 0 Å². The molecule has 2 fully saturated rings. The topological polar surface area (TPSA) is 102 Å². The third kappa shape index (κ3) is 4.40. The first-order valence-corrected chi connectivity index (χ1v) is 9.42. The second-order valence-corrected chi connectivity index (χ2v) is 7.71. The molecule has 0 radical (unpaired) electrons. The van der Waals surface area contributed by atoms with Crippen LogP contribution in [0.2, 0.25) is 0 Å². The summed E-state index contributed by atoms with van der Waals surface area (Å²) < 4.78 is 16.8. The molecule has 1 unspecified atom stereocenters. The minimum Gasteiger partial charge on any atom is -0.481 e. The minimum absolute atomic E-state index is 0.0587. The van der Waals surface area contributed by atoms with Crippen LogP contribution in [0, 0.1) is 11.8 Å². The lowest BCUT2D eigenvalue weighted by Gasteiger charge is -2.26. The summed E-state index contributed by atoms with van der Waals surface area (Å²) in [7, 11) is 0. The fraction of sp³-hybridized carbons (Fsp3) is 0.650. The van der Waals surface area contributed by atoms with E-state index in [2.05, 4.69) is 12.7 Å². The summed E-state index contributed by atoms with van der Waals surface area (Å²) in [6.07, 6.45) is 6.19. The van der Waals surface area contributed by atoms with Gasteiger partial charge in [0.1, 0.15) is 12.2 Å². The zero-order valence-electron chi connectivity index (χ0n) is 15.5. The van der Waals surface area contributed by atoms with Crippen LogP contribution in [0.15, 0.2) is 24.3 Å². The molecule has 2 heterocycles. The summed E-state index contributed by atoms with van der Waals surface area (Å²) in [4.78, 5) is 34.6. The number of carboxylic acid groups (broad SMARTS) is 1. The largest absolute Gasteiger partial charge is 0.481 e. The fourth-order valence-corrected chi connectivity index (χ4v) is 4.01. The van der Waals surface area contributed by atoms with Crippen LogP contribution in [0.3, 0.4) is 0 Å². The van der Waals surface area contributed by atoms with Crippen LogP contribution in [-0.2, 0) is 28.6 Å². The van der Waals surface area contributed by atoms with Crippen LogP contribution < -0.4 is 0 Å². The number of aliphatic carboxylic acids is 1. The third-order valence-electron chi connectivity index (χ3n) is 5.65. The second kappa shape index (κ2) is 7.84. The van der Waals surface area contributed by atoms with Crippen molar-refractivity contribution in [1.29, 1.82) is 0 Å². The first-order valence-electron chi connectivity index (χ1n) is 9.42. The Labute approximate surface area is 158 Å². The summed E-state index contributed by atoms with van der Waals surface area (Å²) in [6.45, 7) is 6.07. The Balaban J connectivity index is 1.67. The zero-order chi connectivity index (χ0) is 19.6. The van der Waals surface area contributed by atoms with Crippen LogP contribution in [-0.4, -0.2) is 47.4 Å². The molecule has 2 saturated heterocycles. The first-order chi connectivity index (χ1) is 12.8. The Bertz CT molecular complexity index is 667. The Morgan fingerprint density at radius 3 is 2.89 bits per heavy atom. The van der Waals surface area contributed by atoms with Crippen LogP contribution >= 0.6 is 0 Å². The Morgan fingerprint density at radius 1 is 1.37 bits per heavy atom. The van der Waals surface area contributed by atoms with Gasteiger partial charge in [-0.3, -0.25) is 9.59 Å². The summed E-state index contributed by atoms with van der Waals surface area (Å²) in [5.74, 6) is -2.19. The van der Waals surface area contributed by atoms with Crippen molar-refractivity contribution in [2.24, 2.45) is 11.8 Å². The highest BCUT2D eigenvalue weighted by Gasteiger charge is 2.62. The number of carboxylic acids is 1. The van der Waals surface area contributed by atoms with E-state index in [1.807, 2.05) is 13.0 Å². The van der Waals surface area contributed by atoms with Gasteiger partial charge in [-0.2, -0.15) is 0 Å². The van der Waals surface area contributed by atoms with Gasteiger partial charge in [-0.05, 0) is 32.6 Å². The highest BCUT2D eigenvalue weighted by molar-refractivity contribution is 5.91. The van der Waals surface area contributed by atoms with Crippen molar-refractivity contribution < 1.29 is 33.7 Å². The molecule has 1 aliphatic carbocycles. The first kappa shape index (κ1) is 19.6. The van der Waals surface area contributed by atoms with E-state index >= 15 is 0 Å². The predicted molar refractivity (Wildman–Crippen MR) is 94.7 cm³/mol. The van der Waals surface area contributed by atoms with Gasteiger partial charge in [0.05, 0.1) is 12.2 Å². The van der Waals surface area contributed by atoms with Crippen molar-refractivity contribution in [3.8, 4) is 0 Å². The van der Waals surface area contributed by atoms with Crippen LogP contribution in [0.1, 0.15) is 45.4 Å². The molecule has 7 nitrogen and oxygen atoms in total. The third-order valence-corrected chi connectivity index (χ3v) is 5.65. The highest BCUT2D eigenvalue weighted by atomic mass is 16.6. The number of hydrogen-bond donors (Lipinski definition) is 1. The minimum atomic E-state index is -0.937. The van der Waals surface area contributed by atoms with Crippen molar-refractivity contribution in [3.63, 3.8) is 0 Å². The van der Waals surface area contributed by atoms with Gasteiger partial charge in [-0.15, -0.1) is 0 Å². The number of hydrogen-bond acceptors (Lipinski definition) is 6. The smallest absolute Gasteiger partial charge is 0.334 e. The zero-order valence-corrected chi connectivity index (χ0v) is 15.5. The molecule has 2 aliphatic heterocycles. The molecule has 0 aromatic carbocycles. The molecule has 0 saturated carbocycles. The molecule has 0 spiro atoms. The second-order valence-electron chi connectivity index (χ2n) is 7.71. The van der Waals surface area contributed by atoms with Gasteiger partial charge in [-0.25, -0.2) is 4.79 Å². The number of carbonyl (C=O) groups is 3. The molecule has 7 heteroatoms. The van der Waals surface area contributed by atoms with Gasteiger partial charge in [0.15, 0.2) is 0 Å². The van der Waals surface area contributed by atoms with E-state index < -0.39 is 24.0 Å². The van der Waals surface area contributed by atoms with E-state index in [1.165, 1.54) is 0 Å². The van der Waals surface area contributed by atoms with Crippen molar-refractivity contribution in [2.75, 3.05) is 6.61 Å². The molecule has 0 amide bonds. The lowest BCUT2D eigenvalue weighted by atomic mass is 9.78. The van der Waals surface area contributed by atoms with E-state index in [1.54, 1.807) is 0 Å². The number of fused-ring (bicyclic) bond motifs is 3. The summed E-state index contributed by atoms with van der Waals surface area (Å²) in [6, 6.07) is 0. The van der Waals surface area contributed by atoms with Crippen molar-refractivity contribution >= 4 is 17.9 Å². The average molecular weight is 378 g/mol. The summed E-state index contributed by atoms with van der Waals surface area (Å²) >= 11 is 0. The van der Waals surface area contributed by atoms with Crippen LogP contribution in [0.5, 0.6) is 0 Å². The van der Waals surface area contributed by atoms with Gasteiger partial charge in [0.25, 0.3) is 0 Å². The van der Waals surface area contributed by atoms with Gasteiger partial charge in [-0.1, -0.05) is 18.7 Å². The monoisotopic (exact) mass is 378 g/mol. The van der Waals surface area contributed by atoms with E-state index in [-0.39, 0.29) is 49.4 Å². The SMILES string of the molecule is C=C1C(=O)O[C@H]2[C@H]1C(COC(=O)CCCC(=O)O)C/C=C\CC[C@@]1(C)O[C@@H]21. The molecule has 27 heavy (non-hydrogen) atoms. The molecule has 0 aromatic rings. The quantitative estimate of drug-likeness (QED) is 0.328. The molecule has 148 valence electrons. The maximum atomic E-state index is 12.1. The Kier molecular flexibility index (Phi) is 5.69. The molecule has 5 atom stereocenters. The molecule has 3 rings (SSSR count). The maximum Gasteiger partial charge on any atom is 0.334 e. The lowest BCUT2D eigenvalue weighted by molar-refractivity contribution is -0.147. The molecule has 3 aliphatic rings. The van der Waals surface area contributed by atoms with E-state index in [0.29, 0.717) is 12.0 Å². The molecule has 0 aromatic heterocycles. The van der Waals surface area contributed by atoms with Crippen molar-refractivity contribution in [3.05, 3.63) is 24.3 Å². The number of carbonyl (C=O) groups excluding carboxylic acids is 2. The van der Waals surface area contributed by atoms with E-state index in [0.717, 1.165) is 12.8 Å². The Morgan fingerprint density at radius 2 is 2.15 bits per heavy atom. The molecule has 1 N–H and O–H groups in total. The maximum absolute atomic E-state index is 12.1. The summed E-state index contributed by atoms with van der Waals surface area (Å²) in [5.41, 5.74) is 0.104. The number of allylic oxidation sites excluding steroid dienone is 2. The number of epoxide rings is 1. The van der Waals surface area contributed by atoms with Crippen LogP contribution in [0.25, 0.3) is 0 Å². The molecular formula is C20H26O7. The average Bonchev–Trinajstić information content (AvgIpc) is 3.19. The van der Waals surface area contributed by atoms with E-state index in [9.17, 15) is 14.4 Å². The van der Waals surface area contributed by atoms with Crippen LogP contribution in [0.4, 0.5) is 0 Å². The summed E-state index contributed by atoms with van der Waals surface area (Å²) in [5, 5.41) is 8.65. The molecular weight excluding hydrogens is 352 g/mol. The Hall–Kier alpha value is -2.15. The van der Waals surface area contributed by atoms with Gasteiger partial charge in [0.2, 0.25) is 0 Å². The molecule has 0 bridgehead atoms. The van der Waals surface area contributed by atoms with E-state index in [4.69, 9.17) is 19.3 Å². The predicted octanol–water partition coefficient (Wildman–Crippen LogP) is 2.40. The van der Waals surface area contributed by atoms with Gasteiger partial charge in [0, 0.05) is 30.3 Å². The highest BCUT2D eigenvalue weighted by Crippen LogP contribution is 2.50. The number of esters is 2. The lowest BCUT2D eigenvalue weighted by Crippen LogP contribution is -2.35. The van der Waals surface area contributed by atoms with Gasteiger partial charge >= 0.3 is 17.9 Å². The fourth-order valence-electron chi connectivity index (χ4n) is 4.01. The van der Waals surface area contributed by atoms with Crippen molar-refractivity contribution in [2.45, 2.75) is 63.3 Å². The number of ether oxygens (including phenoxy) is 3.